The summed E-state index contributed by atoms with van der Waals surface area (Å²) in [5.41, 5.74) is 1.22. The number of thiazole rings is 1. The number of nitrogens with zero attached hydrogens (tertiary/aromatic N) is 2. The van der Waals surface area contributed by atoms with Gasteiger partial charge in [0, 0.05) is 11.6 Å². The lowest BCUT2D eigenvalue weighted by Gasteiger charge is -2.04. The number of benzene rings is 1. The molecule has 3 rings (SSSR count). The molecule has 0 atom stereocenters. The largest absolute Gasteiger partial charge is 0.263 e. The Morgan fingerprint density at radius 3 is 2.68 bits per heavy atom. The van der Waals surface area contributed by atoms with Crippen molar-refractivity contribution < 1.29 is 12.8 Å². The van der Waals surface area contributed by atoms with E-state index < -0.39 is 15.8 Å². The van der Waals surface area contributed by atoms with Crippen LogP contribution < -0.4 is 4.72 Å². The van der Waals surface area contributed by atoms with Crippen LogP contribution in [0.5, 0.6) is 0 Å². The van der Waals surface area contributed by atoms with Crippen LogP contribution in [-0.2, 0) is 10.0 Å². The number of hydrogen-bond donors (Lipinski definition) is 1. The summed E-state index contributed by atoms with van der Waals surface area (Å²) in [4.78, 5) is 8.18. The summed E-state index contributed by atoms with van der Waals surface area (Å²) in [6.07, 6.45) is 1.63. The smallest absolute Gasteiger partial charge is 0.255 e. The van der Waals surface area contributed by atoms with Crippen molar-refractivity contribution in [3.63, 3.8) is 0 Å². The van der Waals surface area contributed by atoms with Crippen LogP contribution in [0.15, 0.2) is 58.9 Å². The van der Waals surface area contributed by atoms with Crippen LogP contribution >= 0.6 is 11.3 Å². The molecule has 5 nitrogen and oxygen atoms in total. The van der Waals surface area contributed by atoms with Gasteiger partial charge in [0.05, 0.1) is 10.6 Å². The van der Waals surface area contributed by atoms with Gasteiger partial charge in [-0.2, -0.15) is 0 Å². The van der Waals surface area contributed by atoms with Crippen molar-refractivity contribution in [2.75, 3.05) is 4.72 Å². The number of halogens is 1. The molecule has 22 heavy (non-hydrogen) atoms. The fourth-order valence-corrected chi connectivity index (χ4v) is 3.75. The molecule has 0 fully saturated rings. The molecule has 0 saturated heterocycles. The highest BCUT2D eigenvalue weighted by Gasteiger charge is 2.17. The third-order valence-corrected chi connectivity index (χ3v) is 4.98. The number of sulfonamides is 1. The number of aromatic nitrogens is 2. The van der Waals surface area contributed by atoms with Crippen LogP contribution in [0.2, 0.25) is 0 Å². The van der Waals surface area contributed by atoms with Crippen molar-refractivity contribution in [3.8, 4) is 11.4 Å². The Bertz CT molecular complexity index is 895. The number of nitrogens with one attached hydrogen (secondary N) is 1. The van der Waals surface area contributed by atoms with Gasteiger partial charge >= 0.3 is 0 Å². The first-order chi connectivity index (χ1) is 10.5. The lowest BCUT2D eigenvalue weighted by Crippen LogP contribution is -2.12. The lowest BCUT2D eigenvalue weighted by molar-refractivity contribution is 0.595. The summed E-state index contributed by atoms with van der Waals surface area (Å²) >= 11 is 1.13. The van der Waals surface area contributed by atoms with Gasteiger partial charge in [0.1, 0.15) is 11.5 Å². The maximum Gasteiger partial charge on any atom is 0.263 e. The van der Waals surface area contributed by atoms with Gasteiger partial charge in [0.2, 0.25) is 0 Å². The third kappa shape index (κ3) is 3.12. The molecule has 0 spiro atoms. The van der Waals surface area contributed by atoms with E-state index in [2.05, 4.69) is 14.7 Å². The first-order valence-corrected chi connectivity index (χ1v) is 8.56. The molecule has 0 bridgehead atoms. The SMILES string of the molecule is O=S(=O)(Nc1nc(-c2ccccn2)cs1)c1cccc(F)c1. The van der Waals surface area contributed by atoms with Gasteiger partial charge in [-0.1, -0.05) is 12.1 Å². The molecule has 0 unspecified atom stereocenters. The van der Waals surface area contributed by atoms with Crippen molar-refractivity contribution in [1.29, 1.82) is 0 Å². The van der Waals surface area contributed by atoms with Crippen molar-refractivity contribution in [1.82, 2.24) is 9.97 Å². The van der Waals surface area contributed by atoms with E-state index in [1.807, 2.05) is 6.07 Å². The van der Waals surface area contributed by atoms with Crippen molar-refractivity contribution >= 4 is 26.5 Å². The molecule has 8 heteroatoms. The monoisotopic (exact) mass is 335 g/mol. The second-order valence-electron chi connectivity index (χ2n) is 4.32. The fourth-order valence-electron chi connectivity index (χ4n) is 1.76. The van der Waals surface area contributed by atoms with Gasteiger partial charge in [0.15, 0.2) is 5.13 Å². The predicted octanol–water partition coefficient (Wildman–Crippen LogP) is 3.15. The number of hydrogen-bond acceptors (Lipinski definition) is 5. The summed E-state index contributed by atoms with van der Waals surface area (Å²) in [7, 11) is -3.87. The Morgan fingerprint density at radius 1 is 1.09 bits per heavy atom. The van der Waals surface area contributed by atoms with E-state index in [4.69, 9.17) is 0 Å². The van der Waals surface area contributed by atoms with E-state index in [1.54, 1.807) is 23.7 Å². The highest BCUT2D eigenvalue weighted by Crippen LogP contribution is 2.25. The molecular weight excluding hydrogens is 325 g/mol. The van der Waals surface area contributed by atoms with Gasteiger partial charge in [-0.15, -0.1) is 11.3 Å². The maximum atomic E-state index is 13.1. The minimum atomic E-state index is -3.87. The van der Waals surface area contributed by atoms with E-state index in [9.17, 15) is 12.8 Å². The van der Waals surface area contributed by atoms with Crippen molar-refractivity contribution in [2.24, 2.45) is 0 Å². The summed E-state index contributed by atoms with van der Waals surface area (Å²) in [5, 5.41) is 1.90. The molecular formula is C14H10FN3O2S2. The summed E-state index contributed by atoms with van der Waals surface area (Å²) in [5.74, 6) is -0.615. The Hall–Kier alpha value is -2.32. The van der Waals surface area contributed by atoms with E-state index in [-0.39, 0.29) is 10.0 Å². The van der Waals surface area contributed by atoms with Gasteiger partial charge in [0.25, 0.3) is 10.0 Å². The second kappa shape index (κ2) is 5.82. The summed E-state index contributed by atoms with van der Waals surface area (Å²) in [6.45, 7) is 0. The van der Waals surface area contributed by atoms with Crippen LogP contribution in [-0.4, -0.2) is 18.4 Å². The van der Waals surface area contributed by atoms with E-state index in [1.165, 1.54) is 18.2 Å². The minimum Gasteiger partial charge on any atom is -0.255 e. The average Bonchev–Trinajstić information content (AvgIpc) is 2.96. The first-order valence-electron chi connectivity index (χ1n) is 6.20. The van der Waals surface area contributed by atoms with Crippen molar-refractivity contribution in [2.45, 2.75) is 4.90 Å². The number of anilines is 1. The number of pyridine rings is 1. The Balaban J connectivity index is 1.86. The van der Waals surface area contributed by atoms with Crippen molar-refractivity contribution in [3.05, 3.63) is 59.9 Å². The van der Waals surface area contributed by atoms with Gasteiger partial charge in [-0.3, -0.25) is 9.71 Å². The Kier molecular flexibility index (Phi) is 3.86. The summed E-state index contributed by atoms with van der Waals surface area (Å²) in [6, 6.07) is 10.2. The Morgan fingerprint density at radius 2 is 1.95 bits per heavy atom. The quantitative estimate of drug-likeness (QED) is 0.795. The molecule has 0 amide bonds. The zero-order chi connectivity index (χ0) is 15.6. The third-order valence-electron chi connectivity index (χ3n) is 2.76. The predicted molar refractivity (Wildman–Crippen MR) is 82.6 cm³/mol. The molecule has 0 aliphatic rings. The standard InChI is InChI=1S/C14H10FN3O2S2/c15-10-4-3-5-11(8-10)22(19,20)18-14-17-13(9-21-14)12-6-1-2-7-16-12/h1-9H,(H,17,18). The average molecular weight is 335 g/mol. The molecule has 1 aromatic carbocycles. The fraction of sp³-hybridized carbons (Fsp3) is 0. The molecule has 0 aliphatic carbocycles. The zero-order valence-electron chi connectivity index (χ0n) is 11.1. The van der Waals surface area contributed by atoms with Crippen LogP contribution in [0.3, 0.4) is 0 Å². The molecule has 2 aromatic heterocycles. The molecule has 112 valence electrons. The Labute approximate surface area is 130 Å². The highest BCUT2D eigenvalue weighted by molar-refractivity contribution is 7.93. The van der Waals surface area contributed by atoms with Crippen LogP contribution in [0, 0.1) is 5.82 Å². The molecule has 1 N–H and O–H groups in total. The molecule has 2 heterocycles. The van der Waals surface area contributed by atoms with E-state index >= 15 is 0 Å². The highest BCUT2D eigenvalue weighted by atomic mass is 32.2. The number of rotatable bonds is 4. The topological polar surface area (TPSA) is 72.0 Å². The molecule has 0 saturated carbocycles. The van der Waals surface area contributed by atoms with Crippen LogP contribution in [0.1, 0.15) is 0 Å². The van der Waals surface area contributed by atoms with E-state index in [0.717, 1.165) is 17.4 Å². The van der Waals surface area contributed by atoms with Gasteiger partial charge in [-0.05, 0) is 30.3 Å². The maximum absolute atomic E-state index is 13.1. The molecule has 3 aromatic rings. The summed E-state index contributed by atoms with van der Waals surface area (Å²) < 4.78 is 39.8. The van der Waals surface area contributed by atoms with E-state index in [0.29, 0.717) is 11.4 Å². The molecule has 0 radical (unpaired) electrons. The second-order valence-corrected chi connectivity index (χ2v) is 6.86. The van der Waals surface area contributed by atoms with Crippen LogP contribution in [0.4, 0.5) is 9.52 Å². The zero-order valence-corrected chi connectivity index (χ0v) is 12.7. The minimum absolute atomic E-state index is 0.151. The van der Waals surface area contributed by atoms with Gasteiger partial charge in [-0.25, -0.2) is 17.8 Å². The van der Waals surface area contributed by atoms with Crippen LogP contribution in [0.25, 0.3) is 11.4 Å². The first kappa shape index (κ1) is 14.6. The van der Waals surface area contributed by atoms with Gasteiger partial charge < -0.3 is 0 Å². The normalized spacial score (nSPS) is 11.3. The molecule has 0 aliphatic heterocycles. The lowest BCUT2D eigenvalue weighted by atomic mass is 10.3.